The maximum atomic E-state index is 12.6. The number of benzene rings is 1. The number of carbonyl (C=O) groups is 1. The molecule has 24 heavy (non-hydrogen) atoms. The van der Waals surface area contributed by atoms with Crippen LogP contribution in [-0.2, 0) is 12.8 Å². The molecule has 0 unspecified atom stereocenters. The zero-order valence-corrected chi connectivity index (χ0v) is 15.4. The average molecular weight is 357 g/mol. The monoisotopic (exact) mass is 356 g/mol. The largest absolute Gasteiger partial charge is 0.312 e. The molecule has 3 rings (SSSR count). The number of amides is 1. The Labute approximate surface area is 151 Å². The van der Waals surface area contributed by atoms with Gasteiger partial charge in [-0.1, -0.05) is 19.4 Å². The summed E-state index contributed by atoms with van der Waals surface area (Å²) in [6.45, 7) is 2.09. The Morgan fingerprint density at radius 3 is 2.96 bits per heavy atom. The molecule has 1 amide bonds. The van der Waals surface area contributed by atoms with Crippen molar-refractivity contribution in [3.05, 3.63) is 45.8 Å². The summed E-state index contributed by atoms with van der Waals surface area (Å²) < 4.78 is 0. The highest BCUT2D eigenvalue weighted by molar-refractivity contribution is 7.99. The van der Waals surface area contributed by atoms with E-state index in [0.717, 1.165) is 35.5 Å². The maximum Gasteiger partial charge on any atom is 0.256 e. The van der Waals surface area contributed by atoms with Gasteiger partial charge >= 0.3 is 0 Å². The van der Waals surface area contributed by atoms with Gasteiger partial charge in [-0.25, -0.2) is 0 Å². The van der Waals surface area contributed by atoms with Gasteiger partial charge in [0.05, 0.1) is 5.56 Å². The molecule has 0 saturated heterocycles. The van der Waals surface area contributed by atoms with Crippen molar-refractivity contribution in [2.24, 2.45) is 0 Å². The van der Waals surface area contributed by atoms with E-state index >= 15 is 0 Å². The van der Waals surface area contributed by atoms with Gasteiger partial charge in [0.25, 0.3) is 5.91 Å². The Morgan fingerprint density at radius 2 is 2.17 bits per heavy atom. The van der Waals surface area contributed by atoms with E-state index in [4.69, 9.17) is 0 Å². The number of aryl methyl sites for hydroxylation is 1. The van der Waals surface area contributed by atoms with Gasteiger partial charge in [0.2, 0.25) is 0 Å². The van der Waals surface area contributed by atoms with Gasteiger partial charge in [-0.15, -0.1) is 23.1 Å². The quantitative estimate of drug-likeness (QED) is 0.601. The Bertz CT molecular complexity index is 789. The van der Waals surface area contributed by atoms with E-state index in [0.29, 0.717) is 16.1 Å². The van der Waals surface area contributed by atoms with E-state index < -0.39 is 0 Å². The normalized spacial score (nSPS) is 13.7. The lowest BCUT2D eigenvalue weighted by Crippen LogP contribution is -2.11. The first-order chi connectivity index (χ1) is 11.7. The van der Waals surface area contributed by atoms with Crippen molar-refractivity contribution in [2.45, 2.75) is 43.9 Å². The van der Waals surface area contributed by atoms with Crippen LogP contribution in [0.1, 0.15) is 52.5 Å². The van der Waals surface area contributed by atoms with E-state index in [-0.39, 0.29) is 5.91 Å². The van der Waals surface area contributed by atoms with Gasteiger partial charge in [-0.05, 0) is 55.2 Å². The Hall–Kier alpha value is -1.77. The van der Waals surface area contributed by atoms with E-state index in [9.17, 15) is 10.1 Å². The third kappa shape index (κ3) is 3.66. The Kier molecular flexibility index (Phi) is 5.60. The van der Waals surface area contributed by atoms with Crippen molar-refractivity contribution >= 4 is 34.0 Å². The first-order valence-electron chi connectivity index (χ1n) is 8.31. The highest BCUT2D eigenvalue weighted by Gasteiger charge is 2.21. The molecule has 0 atom stereocenters. The smallest absolute Gasteiger partial charge is 0.256 e. The summed E-state index contributed by atoms with van der Waals surface area (Å²) in [5.41, 5.74) is 2.47. The van der Waals surface area contributed by atoms with Crippen LogP contribution in [0.25, 0.3) is 0 Å². The Balaban J connectivity index is 1.84. The standard InChI is InChI=1S/C19H20N2OS2/c1-2-23-14-8-6-7-13(11-14)18(22)21-19-16(12-20)15-9-4-3-5-10-17(15)24-19/h6-8,11H,2-5,9-10H2,1H3,(H,21,22). The summed E-state index contributed by atoms with van der Waals surface area (Å²) in [5, 5.41) is 13.2. The lowest BCUT2D eigenvalue weighted by Gasteiger charge is -2.06. The van der Waals surface area contributed by atoms with Crippen molar-refractivity contribution in [2.75, 3.05) is 11.1 Å². The first kappa shape index (κ1) is 17.1. The van der Waals surface area contributed by atoms with Crippen LogP contribution in [0.2, 0.25) is 0 Å². The molecule has 3 nitrogen and oxygen atoms in total. The molecule has 0 spiro atoms. The number of nitriles is 1. The fraction of sp³-hybridized carbons (Fsp3) is 0.368. The zero-order chi connectivity index (χ0) is 16.9. The molecule has 1 N–H and O–H groups in total. The summed E-state index contributed by atoms with van der Waals surface area (Å²) in [6, 6.07) is 9.96. The molecule has 0 fully saturated rings. The zero-order valence-electron chi connectivity index (χ0n) is 13.7. The lowest BCUT2D eigenvalue weighted by molar-refractivity contribution is 0.102. The molecule has 1 aliphatic carbocycles. The van der Waals surface area contributed by atoms with Gasteiger partial charge in [0.15, 0.2) is 0 Å². The second-order valence-electron chi connectivity index (χ2n) is 5.80. The van der Waals surface area contributed by atoms with E-state index in [2.05, 4.69) is 18.3 Å². The van der Waals surface area contributed by atoms with Crippen LogP contribution < -0.4 is 5.32 Å². The molecule has 5 heteroatoms. The number of nitrogens with one attached hydrogen (secondary N) is 1. The van der Waals surface area contributed by atoms with Crippen molar-refractivity contribution in [1.82, 2.24) is 0 Å². The molecule has 1 aromatic heterocycles. The third-order valence-electron chi connectivity index (χ3n) is 4.17. The second-order valence-corrected chi connectivity index (χ2v) is 8.24. The van der Waals surface area contributed by atoms with Gasteiger partial charge in [-0.2, -0.15) is 5.26 Å². The van der Waals surface area contributed by atoms with Gasteiger partial charge in [0.1, 0.15) is 11.1 Å². The number of carbonyl (C=O) groups excluding carboxylic acids is 1. The molecule has 0 bridgehead atoms. The predicted octanol–water partition coefficient (Wildman–Crippen LogP) is 5.25. The number of fused-ring (bicyclic) bond motifs is 1. The minimum Gasteiger partial charge on any atom is -0.312 e. The summed E-state index contributed by atoms with van der Waals surface area (Å²) in [5.74, 6) is 0.836. The van der Waals surface area contributed by atoms with Crippen LogP contribution >= 0.6 is 23.1 Å². The fourth-order valence-electron chi connectivity index (χ4n) is 3.02. The molecular weight excluding hydrogens is 336 g/mol. The summed E-state index contributed by atoms with van der Waals surface area (Å²) in [4.78, 5) is 15.0. The highest BCUT2D eigenvalue weighted by Crippen LogP contribution is 2.37. The van der Waals surface area contributed by atoms with Crippen LogP contribution in [-0.4, -0.2) is 11.7 Å². The lowest BCUT2D eigenvalue weighted by atomic mass is 10.1. The number of anilines is 1. The van der Waals surface area contributed by atoms with Crippen LogP contribution in [0, 0.1) is 11.3 Å². The van der Waals surface area contributed by atoms with Crippen molar-refractivity contribution in [3.8, 4) is 6.07 Å². The molecule has 0 radical (unpaired) electrons. The van der Waals surface area contributed by atoms with Crippen LogP contribution in [0.3, 0.4) is 0 Å². The van der Waals surface area contributed by atoms with E-state index in [1.165, 1.54) is 17.7 Å². The summed E-state index contributed by atoms with van der Waals surface area (Å²) in [6.07, 6.45) is 5.49. The number of hydrogen-bond donors (Lipinski definition) is 1. The van der Waals surface area contributed by atoms with Crippen molar-refractivity contribution in [3.63, 3.8) is 0 Å². The average Bonchev–Trinajstić information content (AvgIpc) is 2.75. The van der Waals surface area contributed by atoms with Crippen molar-refractivity contribution < 1.29 is 4.79 Å². The first-order valence-corrected chi connectivity index (χ1v) is 10.1. The molecule has 0 aliphatic heterocycles. The summed E-state index contributed by atoms with van der Waals surface area (Å²) >= 11 is 3.29. The molecule has 1 aromatic carbocycles. The number of nitrogens with zero attached hydrogens (tertiary/aromatic N) is 1. The number of rotatable bonds is 4. The number of thiophene rings is 1. The number of hydrogen-bond acceptors (Lipinski definition) is 4. The molecule has 1 aliphatic rings. The van der Waals surface area contributed by atoms with Crippen LogP contribution in [0.4, 0.5) is 5.00 Å². The Morgan fingerprint density at radius 1 is 1.33 bits per heavy atom. The SMILES string of the molecule is CCSc1cccc(C(=O)Nc2sc3c(c2C#N)CCCCC3)c1. The highest BCUT2D eigenvalue weighted by atomic mass is 32.2. The van der Waals surface area contributed by atoms with Crippen LogP contribution in [0.5, 0.6) is 0 Å². The summed E-state index contributed by atoms with van der Waals surface area (Å²) in [7, 11) is 0. The minimum atomic E-state index is -0.138. The van der Waals surface area contributed by atoms with Gasteiger partial charge in [0, 0.05) is 15.3 Å². The van der Waals surface area contributed by atoms with E-state index in [1.807, 2.05) is 24.3 Å². The van der Waals surface area contributed by atoms with Crippen LogP contribution in [0.15, 0.2) is 29.2 Å². The molecule has 1 heterocycles. The van der Waals surface area contributed by atoms with Crippen molar-refractivity contribution in [1.29, 1.82) is 5.26 Å². The molecule has 0 saturated carbocycles. The number of thioether (sulfide) groups is 1. The predicted molar refractivity (Wildman–Crippen MR) is 101 cm³/mol. The van der Waals surface area contributed by atoms with Gasteiger partial charge in [-0.3, -0.25) is 4.79 Å². The minimum absolute atomic E-state index is 0.138. The van der Waals surface area contributed by atoms with E-state index in [1.54, 1.807) is 23.1 Å². The molecular formula is C19H20N2OS2. The topological polar surface area (TPSA) is 52.9 Å². The molecule has 124 valence electrons. The van der Waals surface area contributed by atoms with Gasteiger partial charge < -0.3 is 5.32 Å². The third-order valence-corrected chi connectivity index (χ3v) is 6.25. The fourth-order valence-corrected chi connectivity index (χ4v) is 4.97. The second kappa shape index (κ2) is 7.87. The molecule has 2 aromatic rings. The maximum absolute atomic E-state index is 12.6.